The number of aliphatic hydroxyl groups is 1. The van der Waals surface area contributed by atoms with Gasteiger partial charge in [-0.2, -0.15) is 0 Å². The van der Waals surface area contributed by atoms with E-state index >= 15 is 0 Å². The van der Waals surface area contributed by atoms with Crippen molar-refractivity contribution in [1.82, 2.24) is 4.90 Å². The van der Waals surface area contributed by atoms with Crippen LogP contribution in [0.1, 0.15) is 42.6 Å². The van der Waals surface area contributed by atoms with Crippen molar-refractivity contribution in [3.8, 4) is 5.75 Å². The lowest BCUT2D eigenvalue weighted by Crippen LogP contribution is -2.45. The number of hydrogen-bond donors (Lipinski definition) is 2. The highest BCUT2D eigenvalue weighted by atomic mass is 16.5. The number of piperidine rings is 1. The maximum atomic E-state index is 13.2. The summed E-state index contributed by atoms with van der Waals surface area (Å²) in [7, 11) is 0. The molecule has 1 saturated heterocycles. The molecule has 0 radical (unpaired) electrons. The number of fused-ring (bicyclic) bond motifs is 1. The van der Waals surface area contributed by atoms with E-state index in [0.717, 1.165) is 10.8 Å². The Morgan fingerprint density at radius 2 is 1.62 bits per heavy atom. The Balaban J connectivity index is 1.50. The van der Waals surface area contributed by atoms with E-state index in [4.69, 9.17) is 4.74 Å². The van der Waals surface area contributed by atoms with Gasteiger partial charge in [0, 0.05) is 18.7 Å². The SMILES string of the molecule is CC(C)(Oc1cccc(C2(O)CCN(C(=O)c3cccc4ccccc34)CC2)c1)C(=O)O. The molecule has 0 bridgehead atoms. The van der Waals surface area contributed by atoms with Gasteiger partial charge in [0.05, 0.1) is 5.60 Å². The van der Waals surface area contributed by atoms with Gasteiger partial charge in [-0.05, 0) is 61.2 Å². The van der Waals surface area contributed by atoms with Crippen molar-refractivity contribution < 1.29 is 24.5 Å². The molecule has 1 amide bonds. The van der Waals surface area contributed by atoms with Crippen molar-refractivity contribution >= 4 is 22.6 Å². The molecule has 3 aromatic rings. The Morgan fingerprint density at radius 3 is 2.34 bits per heavy atom. The second-order valence-electron chi connectivity index (χ2n) is 8.80. The summed E-state index contributed by atoms with van der Waals surface area (Å²) in [6.07, 6.45) is 0.768. The quantitative estimate of drug-likeness (QED) is 0.630. The van der Waals surface area contributed by atoms with Gasteiger partial charge in [-0.3, -0.25) is 4.79 Å². The molecule has 0 unspecified atom stereocenters. The fourth-order valence-electron chi connectivity index (χ4n) is 4.14. The number of rotatable bonds is 5. The summed E-state index contributed by atoms with van der Waals surface area (Å²) in [5.41, 5.74) is -1.16. The lowest BCUT2D eigenvalue weighted by atomic mass is 9.84. The molecule has 1 heterocycles. The van der Waals surface area contributed by atoms with Gasteiger partial charge in [-0.1, -0.05) is 48.5 Å². The number of carboxylic acids is 1. The zero-order chi connectivity index (χ0) is 22.9. The maximum absolute atomic E-state index is 13.2. The molecule has 1 aliphatic rings. The number of carboxylic acid groups (broad SMARTS) is 1. The minimum Gasteiger partial charge on any atom is -0.478 e. The molecule has 166 valence electrons. The molecular formula is C26H27NO5. The Kier molecular flexibility index (Phi) is 5.65. The van der Waals surface area contributed by atoms with Crippen molar-refractivity contribution in [3.63, 3.8) is 0 Å². The van der Waals surface area contributed by atoms with Crippen LogP contribution in [0.25, 0.3) is 10.8 Å². The van der Waals surface area contributed by atoms with Gasteiger partial charge in [0.2, 0.25) is 0 Å². The van der Waals surface area contributed by atoms with Gasteiger partial charge in [-0.15, -0.1) is 0 Å². The zero-order valence-corrected chi connectivity index (χ0v) is 18.2. The number of amides is 1. The molecule has 0 spiro atoms. The summed E-state index contributed by atoms with van der Waals surface area (Å²) < 4.78 is 5.62. The Labute approximate surface area is 187 Å². The number of ether oxygens (including phenoxy) is 1. The lowest BCUT2D eigenvalue weighted by molar-refractivity contribution is -0.152. The molecule has 0 aliphatic carbocycles. The summed E-state index contributed by atoms with van der Waals surface area (Å²) in [6.45, 7) is 3.80. The van der Waals surface area contributed by atoms with Crippen LogP contribution >= 0.6 is 0 Å². The third-order valence-electron chi connectivity index (χ3n) is 6.16. The monoisotopic (exact) mass is 433 g/mol. The van der Waals surface area contributed by atoms with Gasteiger partial charge in [0.1, 0.15) is 5.75 Å². The summed E-state index contributed by atoms with van der Waals surface area (Å²) in [5, 5.41) is 22.6. The molecule has 0 atom stereocenters. The Bertz CT molecular complexity index is 1160. The molecule has 1 fully saturated rings. The van der Waals surface area contributed by atoms with Crippen LogP contribution in [0.15, 0.2) is 66.7 Å². The van der Waals surface area contributed by atoms with Crippen LogP contribution in [0.5, 0.6) is 5.75 Å². The number of likely N-dealkylation sites (tertiary alicyclic amines) is 1. The first-order valence-electron chi connectivity index (χ1n) is 10.7. The maximum Gasteiger partial charge on any atom is 0.347 e. The van der Waals surface area contributed by atoms with E-state index in [1.165, 1.54) is 13.8 Å². The average Bonchev–Trinajstić information content (AvgIpc) is 2.78. The number of hydrogen-bond acceptors (Lipinski definition) is 4. The van der Waals surface area contributed by atoms with Crippen molar-refractivity contribution in [3.05, 3.63) is 77.9 Å². The molecule has 6 heteroatoms. The predicted molar refractivity (Wildman–Crippen MR) is 122 cm³/mol. The van der Waals surface area contributed by atoms with E-state index < -0.39 is 17.2 Å². The highest BCUT2D eigenvalue weighted by Crippen LogP contribution is 2.35. The van der Waals surface area contributed by atoms with Crippen LogP contribution in [0.4, 0.5) is 0 Å². The predicted octanol–water partition coefficient (Wildman–Crippen LogP) is 4.21. The fraction of sp³-hybridized carbons (Fsp3) is 0.308. The van der Waals surface area contributed by atoms with Gasteiger partial charge < -0.3 is 19.8 Å². The Hall–Kier alpha value is -3.38. The van der Waals surface area contributed by atoms with Crippen LogP contribution in [0.3, 0.4) is 0 Å². The molecule has 6 nitrogen and oxygen atoms in total. The first-order chi connectivity index (χ1) is 15.2. The van der Waals surface area contributed by atoms with Crippen LogP contribution in [-0.4, -0.2) is 45.7 Å². The van der Waals surface area contributed by atoms with Crippen molar-refractivity contribution in [2.45, 2.75) is 37.9 Å². The molecule has 32 heavy (non-hydrogen) atoms. The molecular weight excluding hydrogens is 406 g/mol. The molecule has 1 aliphatic heterocycles. The van der Waals surface area contributed by atoms with Crippen molar-refractivity contribution in [1.29, 1.82) is 0 Å². The molecule has 3 aromatic carbocycles. The van der Waals surface area contributed by atoms with Gasteiger partial charge in [0.15, 0.2) is 5.60 Å². The zero-order valence-electron chi connectivity index (χ0n) is 18.2. The van der Waals surface area contributed by atoms with Gasteiger partial charge >= 0.3 is 5.97 Å². The minimum atomic E-state index is -1.38. The largest absolute Gasteiger partial charge is 0.478 e. The third-order valence-corrected chi connectivity index (χ3v) is 6.16. The van der Waals surface area contributed by atoms with E-state index in [0.29, 0.717) is 42.8 Å². The molecule has 4 rings (SSSR count). The summed E-state index contributed by atoms with van der Waals surface area (Å²) >= 11 is 0. The first-order valence-corrected chi connectivity index (χ1v) is 10.7. The highest BCUT2D eigenvalue weighted by Gasteiger charge is 2.37. The van der Waals surface area contributed by atoms with E-state index in [-0.39, 0.29) is 5.91 Å². The number of nitrogens with zero attached hydrogens (tertiary/aromatic N) is 1. The number of carbonyl (C=O) groups excluding carboxylic acids is 1. The second-order valence-corrected chi connectivity index (χ2v) is 8.80. The van der Waals surface area contributed by atoms with Crippen LogP contribution in [-0.2, 0) is 10.4 Å². The number of carbonyl (C=O) groups is 2. The highest BCUT2D eigenvalue weighted by molar-refractivity contribution is 6.07. The normalized spacial score (nSPS) is 16.0. The minimum absolute atomic E-state index is 0.0378. The molecule has 0 aromatic heterocycles. The number of benzene rings is 3. The van der Waals surface area contributed by atoms with Gasteiger partial charge in [0.25, 0.3) is 5.91 Å². The lowest BCUT2D eigenvalue weighted by Gasteiger charge is -2.39. The van der Waals surface area contributed by atoms with E-state index in [2.05, 4.69) is 0 Å². The van der Waals surface area contributed by atoms with E-state index in [1.807, 2.05) is 48.5 Å². The van der Waals surface area contributed by atoms with Crippen LogP contribution in [0, 0.1) is 0 Å². The summed E-state index contributed by atoms with van der Waals surface area (Å²) in [6, 6.07) is 20.5. The smallest absolute Gasteiger partial charge is 0.347 e. The van der Waals surface area contributed by atoms with E-state index in [1.54, 1.807) is 23.1 Å². The second kappa shape index (κ2) is 8.28. The third kappa shape index (κ3) is 4.18. The topological polar surface area (TPSA) is 87.1 Å². The summed E-state index contributed by atoms with van der Waals surface area (Å²) in [5.74, 6) is -0.719. The fourth-order valence-corrected chi connectivity index (χ4v) is 4.14. The van der Waals surface area contributed by atoms with Gasteiger partial charge in [-0.25, -0.2) is 4.79 Å². The molecule has 2 N–H and O–H groups in total. The number of aliphatic carboxylic acids is 1. The summed E-state index contributed by atoms with van der Waals surface area (Å²) in [4.78, 5) is 26.3. The van der Waals surface area contributed by atoms with Crippen molar-refractivity contribution in [2.75, 3.05) is 13.1 Å². The Morgan fingerprint density at radius 1 is 0.969 bits per heavy atom. The molecule has 0 saturated carbocycles. The first kappa shape index (κ1) is 21.8. The van der Waals surface area contributed by atoms with Crippen LogP contribution < -0.4 is 4.74 Å². The standard InChI is InChI=1S/C26H27NO5/c1-25(2,24(29)30)32-20-10-6-9-19(17-20)26(31)13-15-27(16-14-26)23(28)22-12-5-8-18-7-3-4-11-21(18)22/h3-12,17,31H,13-16H2,1-2H3,(H,29,30). The van der Waals surface area contributed by atoms with E-state index in [9.17, 15) is 19.8 Å². The van der Waals surface area contributed by atoms with Crippen LogP contribution in [0.2, 0.25) is 0 Å². The van der Waals surface area contributed by atoms with Crippen molar-refractivity contribution in [2.24, 2.45) is 0 Å². The average molecular weight is 434 g/mol.